The van der Waals surface area contributed by atoms with Gasteiger partial charge in [0.15, 0.2) is 0 Å². The fourth-order valence-corrected chi connectivity index (χ4v) is 11.4. The van der Waals surface area contributed by atoms with Gasteiger partial charge in [0.1, 0.15) is 0 Å². The number of hydrogen-bond donors (Lipinski definition) is 0. The van der Waals surface area contributed by atoms with Crippen molar-refractivity contribution in [2.45, 2.75) is 5.41 Å². The van der Waals surface area contributed by atoms with E-state index < -0.39 is 5.41 Å². The summed E-state index contributed by atoms with van der Waals surface area (Å²) < 4.78 is 0. The molecule has 13 rings (SSSR count). The fourth-order valence-electron chi connectivity index (χ4n) is 11.4. The van der Waals surface area contributed by atoms with Crippen molar-refractivity contribution in [3.05, 3.63) is 320 Å². The minimum atomic E-state index is -0.457. The van der Waals surface area contributed by atoms with Crippen LogP contribution in [-0.2, 0) is 5.41 Å². The van der Waals surface area contributed by atoms with Crippen LogP contribution in [0, 0.1) is 0 Å². The van der Waals surface area contributed by atoms with Crippen molar-refractivity contribution in [2.75, 3.05) is 4.90 Å². The maximum Gasteiger partial charge on any atom is 0.0713 e. The maximum atomic E-state index is 2.38. The Hall–Kier alpha value is -9.30. The molecule has 0 radical (unpaired) electrons. The standard InChI is InChI=1S/C71H49N/c1-4-17-50(18-5-1)57-21-14-22-58(49-57)53-39-45-62(46-40-53)72(61-43-37-52(38-44-61)51-33-35-55(36-34-51)65-29-15-20-54-19-10-11-27-64(54)65)63-47-41-56(42-48-63)66-30-16-32-69-70(66)67-28-12-13-31-68(67)71(69,59-23-6-2-7-24-59)60-25-8-3-9-26-60/h1-49H. The van der Waals surface area contributed by atoms with Gasteiger partial charge < -0.3 is 4.90 Å². The largest absolute Gasteiger partial charge is 0.311 e. The Bertz CT molecular complexity index is 3810. The second-order valence-corrected chi connectivity index (χ2v) is 18.8. The molecule has 12 aromatic carbocycles. The van der Waals surface area contributed by atoms with Crippen molar-refractivity contribution in [2.24, 2.45) is 0 Å². The third-order valence-electron chi connectivity index (χ3n) is 14.8. The molecule has 0 unspecified atom stereocenters. The first-order chi connectivity index (χ1) is 35.7. The van der Waals surface area contributed by atoms with Gasteiger partial charge in [-0.3, -0.25) is 0 Å². The van der Waals surface area contributed by atoms with Crippen LogP contribution in [0.4, 0.5) is 17.1 Å². The van der Waals surface area contributed by atoms with E-state index in [1.54, 1.807) is 0 Å². The Morgan fingerprint density at radius 1 is 0.236 bits per heavy atom. The highest BCUT2D eigenvalue weighted by Gasteiger charge is 2.46. The van der Waals surface area contributed by atoms with Crippen LogP contribution in [0.2, 0.25) is 0 Å². The Kier molecular flexibility index (Phi) is 10.8. The zero-order valence-corrected chi connectivity index (χ0v) is 39.7. The Labute approximate surface area is 422 Å². The van der Waals surface area contributed by atoms with E-state index in [0.29, 0.717) is 0 Å². The summed E-state index contributed by atoms with van der Waals surface area (Å²) in [6.45, 7) is 0. The van der Waals surface area contributed by atoms with Crippen LogP contribution in [0.1, 0.15) is 22.3 Å². The molecule has 0 spiro atoms. The highest BCUT2D eigenvalue weighted by Crippen LogP contribution is 2.58. The van der Waals surface area contributed by atoms with Gasteiger partial charge in [-0.1, -0.05) is 255 Å². The summed E-state index contributed by atoms with van der Waals surface area (Å²) in [6.07, 6.45) is 0. The molecule has 1 aliphatic carbocycles. The van der Waals surface area contributed by atoms with Gasteiger partial charge in [-0.15, -0.1) is 0 Å². The van der Waals surface area contributed by atoms with E-state index in [2.05, 4.69) is 302 Å². The van der Waals surface area contributed by atoms with Crippen molar-refractivity contribution in [3.8, 4) is 66.8 Å². The van der Waals surface area contributed by atoms with Gasteiger partial charge in [-0.2, -0.15) is 0 Å². The lowest BCUT2D eigenvalue weighted by atomic mass is 9.67. The summed E-state index contributed by atoms with van der Waals surface area (Å²) in [4.78, 5) is 2.38. The lowest BCUT2D eigenvalue weighted by Gasteiger charge is -2.34. The van der Waals surface area contributed by atoms with Gasteiger partial charge in [0, 0.05) is 17.1 Å². The van der Waals surface area contributed by atoms with Crippen molar-refractivity contribution < 1.29 is 0 Å². The molecule has 0 saturated heterocycles. The van der Waals surface area contributed by atoms with Crippen LogP contribution in [0.5, 0.6) is 0 Å². The minimum absolute atomic E-state index is 0.457. The molecule has 0 fully saturated rings. The Morgan fingerprint density at radius 2 is 0.611 bits per heavy atom. The van der Waals surface area contributed by atoms with E-state index >= 15 is 0 Å². The summed E-state index contributed by atoms with van der Waals surface area (Å²) in [5.41, 5.74) is 22.5. The minimum Gasteiger partial charge on any atom is -0.311 e. The van der Waals surface area contributed by atoms with E-state index in [-0.39, 0.29) is 0 Å². The van der Waals surface area contributed by atoms with Crippen LogP contribution < -0.4 is 4.90 Å². The first kappa shape index (κ1) is 42.8. The number of rotatable bonds is 10. The molecule has 1 nitrogen and oxygen atoms in total. The third kappa shape index (κ3) is 7.42. The van der Waals surface area contributed by atoms with Gasteiger partial charge in [-0.25, -0.2) is 0 Å². The van der Waals surface area contributed by atoms with Gasteiger partial charge in [-0.05, 0) is 142 Å². The van der Waals surface area contributed by atoms with E-state index in [0.717, 1.165) is 17.1 Å². The predicted octanol–water partition coefficient (Wildman–Crippen LogP) is 19.0. The number of fused-ring (bicyclic) bond motifs is 4. The van der Waals surface area contributed by atoms with E-state index in [9.17, 15) is 0 Å². The van der Waals surface area contributed by atoms with Crippen LogP contribution in [-0.4, -0.2) is 0 Å². The van der Waals surface area contributed by atoms with E-state index in [4.69, 9.17) is 0 Å². The number of benzene rings is 12. The van der Waals surface area contributed by atoms with Crippen LogP contribution >= 0.6 is 0 Å². The topological polar surface area (TPSA) is 3.24 Å². The summed E-state index contributed by atoms with van der Waals surface area (Å²) in [6, 6.07) is 109. The molecule has 0 amide bonds. The Morgan fingerprint density at radius 3 is 1.24 bits per heavy atom. The molecule has 1 aliphatic rings. The normalized spacial score (nSPS) is 12.3. The molecule has 0 bridgehead atoms. The van der Waals surface area contributed by atoms with E-state index in [1.807, 2.05) is 0 Å². The lowest BCUT2D eigenvalue weighted by Crippen LogP contribution is -2.28. The molecule has 0 N–H and O–H groups in total. The number of hydrogen-bond acceptors (Lipinski definition) is 1. The van der Waals surface area contributed by atoms with Crippen molar-refractivity contribution in [3.63, 3.8) is 0 Å². The van der Waals surface area contributed by atoms with Gasteiger partial charge in [0.2, 0.25) is 0 Å². The molecule has 12 aromatic rings. The van der Waals surface area contributed by atoms with Crippen LogP contribution in [0.25, 0.3) is 77.5 Å². The molecule has 0 aromatic heterocycles. The van der Waals surface area contributed by atoms with Crippen molar-refractivity contribution in [1.82, 2.24) is 0 Å². The van der Waals surface area contributed by atoms with E-state index in [1.165, 1.54) is 99.8 Å². The second kappa shape index (κ2) is 18.2. The SMILES string of the molecule is c1ccc(-c2cccc(-c3ccc(N(c4ccc(-c5ccc(-c6cccc7ccccc67)cc5)cc4)c4ccc(-c5cccc6c5-c5ccccc5C6(c5ccccc5)c5ccccc5)cc4)cc3)c2)cc1. The van der Waals surface area contributed by atoms with Crippen molar-refractivity contribution in [1.29, 1.82) is 0 Å². The molecule has 0 aliphatic heterocycles. The first-order valence-corrected chi connectivity index (χ1v) is 24.9. The summed E-state index contributed by atoms with van der Waals surface area (Å²) in [5.74, 6) is 0. The fraction of sp³-hybridized carbons (Fsp3) is 0.0141. The molecule has 0 saturated carbocycles. The molecular formula is C71H49N. The van der Waals surface area contributed by atoms with Crippen LogP contribution in [0.3, 0.4) is 0 Å². The molecule has 1 heteroatoms. The Balaban J connectivity index is 0.884. The molecule has 0 heterocycles. The van der Waals surface area contributed by atoms with Gasteiger partial charge in [0.05, 0.1) is 5.41 Å². The molecular weight excluding hydrogens is 867 g/mol. The zero-order valence-electron chi connectivity index (χ0n) is 39.7. The molecule has 338 valence electrons. The highest BCUT2D eigenvalue weighted by atomic mass is 15.1. The monoisotopic (exact) mass is 915 g/mol. The summed E-state index contributed by atoms with van der Waals surface area (Å²) >= 11 is 0. The smallest absolute Gasteiger partial charge is 0.0713 e. The highest BCUT2D eigenvalue weighted by molar-refractivity contribution is 5.98. The van der Waals surface area contributed by atoms with Gasteiger partial charge in [0.25, 0.3) is 0 Å². The average Bonchev–Trinajstić information content (AvgIpc) is 3.78. The maximum absolute atomic E-state index is 2.38. The quantitative estimate of drug-likeness (QED) is 0.132. The first-order valence-electron chi connectivity index (χ1n) is 24.9. The average molecular weight is 916 g/mol. The molecule has 0 atom stereocenters. The third-order valence-corrected chi connectivity index (χ3v) is 14.8. The zero-order chi connectivity index (χ0) is 47.8. The predicted molar refractivity (Wildman–Crippen MR) is 303 cm³/mol. The number of anilines is 3. The van der Waals surface area contributed by atoms with Crippen molar-refractivity contribution >= 4 is 27.8 Å². The lowest BCUT2D eigenvalue weighted by molar-refractivity contribution is 0.768. The second-order valence-electron chi connectivity index (χ2n) is 18.8. The van der Waals surface area contributed by atoms with Gasteiger partial charge >= 0.3 is 0 Å². The summed E-state index contributed by atoms with van der Waals surface area (Å²) in [5, 5.41) is 2.52. The molecule has 72 heavy (non-hydrogen) atoms. The van der Waals surface area contributed by atoms with Crippen LogP contribution in [0.15, 0.2) is 297 Å². The number of nitrogens with zero attached hydrogens (tertiary/aromatic N) is 1. The summed E-state index contributed by atoms with van der Waals surface area (Å²) in [7, 11) is 0.